The first-order chi connectivity index (χ1) is 17.6. The monoisotopic (exact) mass is 558 g/mol. The zero-order chi connectivity index (χ0) is 26.4. The molecule has 0 aliphatic carbocycles. The standard InChI is InChI=1S/C28H16Cl3F3N2O/c29-20-8-4-7-17(13-20)27(37,19-10-12-23(35-15-19)28(32,33)34)18-9-11-22-21(14-18)25(30)24(26(31)36-22)16-5-2-1-3-6-16/h1-15,37H. The maximum absolute atomic E-state index is 13.2. The van der Waals surface area contributed by atoms with Crippen LogP contribution in [0.4, 0.5) is 13.2 Å². The van der Waals surface area contributed by atoms with E-state index >= 15 is 0 Å². The maximum Gasteiger partial charge on any atom is 0.433 e. The fraction of sp³-hybridized carbons (Fsp3) is 0.0714. The molecule has 5 aromatic rings. The average molecular weight is 560 g/mol. The number of fused-ring (bicyclic) bond motifs is 1. The summed E-state index contributed by atoms with van der Waals surface area (Å²) in [7, 11) is 0. The number of rotatable bonds is 4. The molecule has 0 spiro atoms. The zero-order valence-electron chi connectivity index (χ0n) is 18.8. The van der Waals surface area contributed by atoms with Crippen molar-refractivity contribution in [3.63, 3.8) is 0 Å². The number of benzene rings is 3. The lowest BCUT2D eigenvalue weighted by Crippen LogP contribution is -2.29. The molecule has 0 saturated heterocycles. The highest BCUT2D eigenvalue weighted by atomic mass is 35.5. The second-order valence-electron chi connectivity index (χ2n) is 8.34. The quantitative estimate of drug-likeness (QED) is 0.224. The predicted molar refractivity (Wildman–Crippen MR) is 140 cm³/mol. The molecule has 37 heavy (non-hydrogen) atoms. The van der Waals surface area contributed by atoms with Gasteiger partial charge in [-0.25, -0.2) is 4.98 Å². The van der Waals surface area contributed by atoms with Crippen LogP contribution in [-0.4, -0.2) is 15.1 Å². The average Bonchev–Trinajstić information content (AvgIpc) is 2.88. The first-order valence-electron chi connectivity index (χ1n) is 11.0. The zero-order valence-corrected chi connectivity index (χ0v) is 21.0. The summed E-state index contributed by atoms with van der Waals surface area (Å²) in [5.74, 6) is 0. The minimum Gasteiger partial charge on any atom is -0.376 e. The third-order valence-electron chi connectivity index (χ3n) is 6.07. The number of hydrogen-bond acceptors (Lipinski definition) is 3. The second-order valence-corrected chi connectivity index (χ2v) is 9.51. The fourth-order valence-electron chi connectivity index (χ4n) is 4.26. The Balaban J connectivity index is 1.75. The van der Waals surface area contributed by atoms with E-state index in [1.807, 2.05) is 30.3 Å². The summed E-state index contributed by atoms with van der Waals surface area (Å²) < 4.78 is 39.5. The van der Waals surface area contributed by atoms with Crippen LogP contribution in [0, 0.1) is 0 Å². The van der Waals surface area contributed by atoms with Crippen molar-refractivity contribution in [2.75, 3.05) is 0 Å². The number of aromatic nitrogens is 2. The van der Waals surface area contributed by atoms with Gasteiger partial charge in [0.15, 0.2) is 0 Å². The molecule has 3 nitrogen and oxygen atoms in total. The molecule has 0 amide bonds. The van der Waals surface area contributed by atoms with Crippen LogP contribution in [-0.2, 0) is 11.8 Å². The summed E-state index contributed by atoms with van der Waals surface area (Å²) in [6.07, 6.45) is -3.62. The lowest BCUT2D eigenvalue weighted by Gasteiger charge is -2.30. The molecule has 0 radical (unpaired) electrons. The van der Waals surface area contributed by atoms with Crippen molar-refractivity contribution < 1.29 is 18.3 Å². The van der Waals surface area contributed by atoms with Crippen molar-refractivity contribution in [3.8, 4) is 11.1 Å². The SMILES string of the molecule is OC(c1ccc(C(F)(F)F)nc1)(c1cccc(Cl)c1)c1ccc2nc(Cl)c(-c3ccccc3)c(Cl)c2c1. The molecule has 9 heteroatoms. The maximum atomic E-state index is 13.2. The van der Waals surface area contributed by atoms with Gasteiger partial charge >= 0.3 is 6.18 Å². The summed E-state index contributed by atoms with van der Waals surface area (Å²) in [5.41, 5.74) is -0.438. The Hall–Kier alpha value is -3.16. The summed E-state index contributed by atoms with van der Waals surface area (Å²) in [6, 6.07) is 22.6. The Kier molecular flexibility index (Phi) is 6.62. The topological polar surface area (TPSA) is 46.0 Å². The molecule has 1 atom stereocenters. The number of nitrogens with zero attached hydrogens (tertiary/aromatic N) is 2. The normalized spacial score (nSPS) is 13.5. The Morgan fingerprint density at radius 1 is 0.730 bits per heavy atom. The summed E-state index contributed by atoms with van der Waals surface area (Å²) in [4.78, 5) is 8.04. The molecule has 2 heterocycles. The van der Waals surface area contributed by atoms with E-state index in [9.17, 15) is 18.3 Å². The Morgan fingerprint density at radius 3 is 2.08 bits per heavy atom. The van der Waals surface area contributed by atoms with Crippen LogP contribution < -0.4 is 0 Å². The van der Waals surface area contributed by atoms with E-state index in [1.54, 1.807) is 42.5 Å². The molecule has 0 aliphatic rings. The first-order valence-corrected chi connectivity index (χ1v) is 12.1. The van der Waals surface area contributed by atoms with Crippen LogP contribution >= 0.6 is 34.8 Å². The fourth-order valence-corrected chi connectivity index (χ4v) is 5.14. The number of alkyl halides is 3. The molecule has 0 saturated carbocycles. The molecule has 0 bridgehead atoms. The Labute approximate surface area is 225 Å². The van der Waals surface area contributed by atoms with Crippen LogP contribution in [0.25, 0.3) is 22.0 Å². The van der Waals surface area contributed by atoms with Crippen molar-refractivity contribution in [3.05, 3.63) is 129 Å². The van der Waals surface area contributed by atoms with E-state index in [0.29, 0.717) is 37.6 Å². The molecule has 1 unspecified atom stereocenters. The minimum atomic E-state index is -4.62. The van der Waals surface area contributed by atoms with Gasteiger partial charge in [0.1, 0.15) is 16.4 Å². The largest absolute Gasteiger partial charge is 0.433 e. The molecular weight excluding hydrogens is 544 g/mol. The van der Waals surface area contributed by atoms with Crippen LogP contribution in [0.1, 0.15) is 22.4 Å². The highest BCUT2D eigenvalue weighted by Gasteiger charge is 2.37. The van der Waals surface area contributed by atoms with E-state index in [2.05, 4.69) is 9.97 Å². The van der Waals surface area contributed by atoms with Gasteiger partial charge in [0.05, 0.1) is 10.5 Å². The molecule has 2 aromatic heterocycles. The van der Waals surface area contributed by atoms with Crippen molar-refractivity contribution in [1.82, 2.24) is 9.97 Å². The van der Waals surface area contributed by atoms with E-state index in [-0.39, 0.29) is 10.7 Å². The van der Waals surface area contributed by atoms with Gasteiger partial charge in [-0.2, -0.15) is 13.2 Å². The van der Waals surface area contributed by atoms with E-state index in [1.165, 1.54) is 6.07 Å². The molecule has 1 N–H and O–H groups in total. The lowest BCUT2D eigenvalue weighted by atomic mass is 9.80. The molecule has 3 aromatic carbocycles. The lowest BCUT2D eigenvalue weighted by molar-refractivity contribution is -0.141. The summed E-state index contributed by atoms with van der Waals surface area (Å²) >= 11 is 19.5. The molecular formula is C28H16Cl3F3N2O. The molecule has 0 fully saturated rings. The van der Waals surface area contributed by atoms with Gasteiger partial charge in [-0.15, -0.1) is 0 Å². The van der Waals surface area contributed by atoms with Gasteiger partial charge in [0.25, 0.3) is 0 Å². The number of aliphatic hydroxyl groups is 1. The van der Waals surface area contributed by atoms with Crippen molar-refractivity contribution in [2.45, 2.75) is 11.8 Å². The summed E-state index contributed by atoms with van der Waals surface area (Å²) in [5, 5.41) is 13.5. The Bertz CT molecular complexity index is 1610. The van der Waals surface area contributed by atoms with Gasteiger partial charge in [0.2, 0.25) is 0 Å². The second kappa shape index (κ2) is 9.62. The van der Waals surface area contributed by atoms with Crippen molar-refractivity contribution in [2.24, 2.45) is 0 Å². The predicted octanol–water partition coefficient (Wildman–Crippen LogP) is 8.56. The Morgan fingerprint density at radius 2 is 1.43 bits per heavy atom. The number of hydrogen-bond donors (Lipinski definition) is 1. The van der Waals surface area contributed by atoms with Gasteiger partial charge in [-0.05, 0) is 47.0 Å². The van der Waals surface area contributed by atoms with E-state index in [0.717, 1.165) is 17.8 Å². The molecule has 0 aliphatic heterocycles. The van der Waals surface area contributed by atoms with Crippen molar-refractivity contribution >= 4 is 45.7 Å². The van der Waals surface area contributed by atoms with Gasteiger partial charge in [-0.1, -0.05) is 89.4 Å². The van der Waals surface area contributed by atoms with Crippen LogP contribution in [0.2, 0.25) is 15.2 Å². The molecule has 5 rings (SSSR count). The van der Waals surface area contributed by atoms with Gasteiger partial charge < -0.3 is 5.11 Å². The van der Waals surface area contributed by atoms with Crippen LogP contribution in [0.15, 0.2) is 91.1 Å². The van der Waals surface area contributed by atoms with Crippen molar-refractivity contribution in [1.29, 1.82) is 0 Å². The van der Waals surface area contributed by atoms with E-state index < -0.39 is 17.5 Å². The summed E-state index contributed by atoms with van der Waals surface area (Å²) in [6.45, 7) is 0. The number of pyridine rings is 2. The smallest absolute Gasteiger partial charge is 0.376 e. The third-order valence-corrected chi connectivity index (χ3v) is 6.97. The van der Waals surface area contributed by atoms with Gasteiger partial charge in [0, 0.05) is 27.7 Å². The first kappa shape index (κ1) is 25.5. The molecule has 186 valence electrons. The highest BCUT2D eigenvalue weighted by Crippen LogP contribution is 2.43. The third kappa shape index (κ3) is 4.66. The highest BCUT2D eigenvalue weighted by molar-refractivity contribution is 6.42. The van der Waals surface area contributed by atoms with Gasteiger partial charge in [-0.3, -0.25) is 4.98 Å². The number of halogens is 6. The van der Waals surface area contributed by atoms with Crippen LogP contribution in [0.3, 0.4) is 0 Å². The van der Waals surface area contributed by atoms with Crippen LogP contribution in [0.5, 0.6) is 0 Å². The van der Waals surface area contributed by atoms with E-state index in [4.69, 9.17) is 34.8 Å². The minimum absolute atomic E-state index is 0.114.